The van der Waals surface area contributed by atoms with Crippen LogP contribution >= 0.6 is 0 Å². The summed E-state index contributed by atoms with van der Waals surface area (Å²) in [5.41, 5.74) is 5.29. The quantitative estimate of drug-likeness (QED) is 0.620. The predicted octanol–water partition coefficient (Wildman–Crippen LogP) is 2.64. The van der Waals surface area contributed by atoms with Gasteiger partial charge in [0.05, 0.1) is 0 Å². The van der Waals surface area contributed by atoms with Crippen LogP contribution in [0.25, 0.3) is 0 Å². The van der Waals surface area contributed by atoms with E-state index in [1.807, 2.05) is 0 Å². The molecular weight excluding hydrogens is 384 g/mol. The van der Waals surface area contributed by atoms with Crippen LogP contribution in [0.2, 0.25) is 0 Å². The Labute approximate surface area is 176 Å². The Hall–Kier alpha value is -2.90. The number of rotatable bonds is 6. The first kappa shape index (κ1) is 21.8. The number of nitrogens with two attached hydrogens (primary N) is 1. The molecule has 0 unspecified atom stereocenters. The molecule has 2 aliphatic rings. The summed E-state index contributed by atoms with van der Waals surface area (Å²) in [4.78, 5) is 50.0. The lowest BCUT2D eigenvalue weighted by Crippen LogP contribution is -2.51. The highest BCUT2D eigenvalue weighted by molar-refractivity contribution is 6.10. The number of hydrogen-bond acceptors (Lipinski definition) is 4. The summed E-state index contributed by atoms with van der Waals surface area (Å²) >= 11 is 0. The van der Waals surface area contributed by atoms with Crippen LogP contribution in [0.1, 0.15) is 63.2 Å². The summed E-state index contributed by atoms with van der Waals surface area (Å²) in [6.07, 6.45) is 4.01. The van der Waals surface area contributed by atoms with Crippen LogP contribution < -0.4 is 16.4 Å². The van der Waals surface area contributed by atoms with Crippen molar-refractivity contribution >= 4 is 29.4 Å². The monoisotopic (exact) mass is 414 g/mol. The predicted molar refractivity (Wildman–Crippen MR) is 113 cm³/mol. The van der Waals surface area contributed by atoms with Gasteiger partial charge in [-0.2, -0.15) is 0 Å². The molecule has 0 bridgehead atoms. The maximum absolute atomic E-state index is 13.0. The number of benzene rings is 1. The van der Waals surface area contributed by atoms with Gasteiger partial charge in [-0.05, 0) is 61.3 Å². The van der Waals surface area contributed by atoms with Crippen molar-refractivity contribution in [3.05, 3.63) is 29.8 Å². The van der Waals surface area contributed by atoms with Gasteiger partial charge in [-0.25, -0.2) is 4.79 Å². The van der Waals surface area contributed by atoms with E-state index in [2.05, 4.69) is 31.4 Å². The second kappa shape index (κ2) is 8.08. The molecule has 8 heteroatoms. The van der Waals surface area contributed by atoms with E-state index in [1.54, 1.807) is 12.1 Å². The average molecular weight is 415 g/mol. The maximum atomic E-state index is 13.0. The first-order valence-electron chi connectivity index (χ1n) is 10.4. The summed E-state index contributed by atoms with van der Waals surface area (Å²) < 4.78 is 0. The summed E-state index contributed by atoms with van der Waals surface area (Å²) in [5.74, 6) is -0.851. The van der Waals surface area contributed by atoms with Gasteiger partial charge in [-0.3, -0.25) is 19.3 Å². The number of amides is 5. The van der Waals surface area contributed by atoms with Crippen molar-refractivity contribution in [2.24, 2.45) is 17.1 Å². The zero-order valence-corrected chi connectivity index (χ0v) is 17.8. The topological polar surface area (TPSA) is 122 Å². The Bertz CT molecular complexity index is 854. The van der Waals surface area contributed by atoms with Crippen molar-refractivity contribution in [2.75, 3.05) is 11.9 Å². The fourth-order valence-corrected chi connectivity index (χ4v) is 4.40. The van der Waals surface area contributed by atoms with Gasteiger partial charge in [-0.1, -0.05) is 27.2 Å². The van der Waals surface area contributed by atoms with Crippen molar-refractivity contribution < 1.29 is 19.2 Å². The van der Waals surface area contributed by atoms with E-state index in [0.717, 1.165) is 24.2 Å². The standard InChI is InChI=1S/C22H30N4O4/c1-4-21(2,3)15-9-11-22(12-10-15)19(29)26(20(30)25-22)13-17(27)24-16-7-5-14(6-8-16)18(23)28/h5-8,15H,4,9-13H2,1-3H3,(H2,23,28)(H,24,27)(H,25,30). The molecule has 162 valence electrons. The zero-order chi connectivity index (χ0) is 22.1. The molecule has 2 fully saturated rings. The van der Waals surface area contributed by atoms with E-state index in [-0.39, 0.29) is 17.9 Å². The highest BCUT2D eigenvalue weighted by atomic mass is 16.2. The number of anilines is 1. The van der Waals surface area contributed by atoms with Gasteiger partial charge >= 0.3 is 6.03 Å². The molecule has 0 radical (unpaired) electrons. The maximum Gasteiger partial charge on any atom is 0.325 e. The molecule has 3 rings (SSSR count). The second-order valence-corrected chi connectivity index (χ2v) is 9.01. The Morgan fingerprint density at radius 1 is 1.20 bits per heavy atom. The summed E-state index contributed by atoms with van der Waals surface area (Å²) in [5, 5.41) is 5.49. The fourth-order valence-electron chi connectivity index (χ4n) is 4.40. The zero-order valence-electron chi connectivity index (χ0n) is 17.8. The minimum Gasteiger partial charge on any atom is -0.366 e. The van der Waals surface area contributed by atoms with Crippen molar-refractivity contribution in [3.8, 4) is 0 Å². The molecule has 1 aliphatic carbocycles. The van der Waals surface area contributed by atoms with Crippen molar-refractivity contribution in [1.82, 2.24) is 10.2 Å². The number of nitrogens with one attached hydrogen (secondary N) is 2. The second-order valence-electron chi connectivity index (χ2n) is 9.01. The molecule has 0 atom stereocenters. The Balaban J connectivity index is 1.61. The van der Waals surface area contributed by atoms with Gasteiger partial charge < -0.3 is 16.4 Å². The molecule has 4 N–H and O–H groups in total. The SMILES string of the molecule is CCC(C)(C)C1CCC2(CC1)NC(=O)N(CC(=O)Nc1ccc(C(N)=O)cc1)C2=O. The summed E-state index contributed by atoms with van der Waals surface area (Å²) in [7, 11) is 0. The molecule has 1 heterocycles. The molecule has 1 spiro atoms. The lowest BCUT2D eigenvalue weighted by molar-refractivity contribution is -0.135. The van der Waals surface area contributed by atoms with Gasteiger partial charge in [0, 0.05) is 11.3 Å². The minimum absolute atomic E-state index is 0.205. The van der Waals surface area contributed by atoms with Gasteiger partial charge in [0.2, 0.25) is 11.8 Å². The van der Waals surface area contributed by atoms with E-state index >= 15 is 0 Å². The van der Waals surface area contributed by atoms with Crippen LogP contribution in [0.15, 0.2) is 24.3 Å². The third-order valence-electron chi connectivity index (χ3n) is 6.86. The molecule has 1 aliphatic heterocycles. The van der Waals surface area contributed by atoms with E-state index in [4.69, 9.17) is 5.73 Å². The van der Waals surface area contributed by atoms with Crippen LogP contribution in [0.3, 0.4) is 0 Å². The summed E-state index contributed by atoms with van der Waals surface area (Å²) in [6, 6.07) is 5.56. The molecule has 1 aromatic rings. The normalized spacial score (nSPS) is 24.1. The number of carbonyl (C=O) groups excluding carboxylic acids is 4. The van der Waals surface area contributed by atoms with Crippen molar-refractivity contribution in [2.45, 2.75) is 58.4 Å². The van der Waals surface area contributed by atoms with Crippen LogP contribution in [-0.4, -0.2) is 40.7 Å². The number of urea groups is 1. The number of primary amides is 1. The average Bonchev–Trinajstić information content (AvgIpc) is 2.92. The fraction of sp³-hybridized carbons (Fsp3) is 0.545. The largest absolute Gasteiger partial charge is 0.366 e. The third-order valence-corrected chi connectivity index (χ3v) is 6.86. The van der Waals surface area contributed by atoms with Gasteiger partial charge in [-0.15, -0.1) is 0 Å². The Kier molecular flexibility index (Phi) is 5.87. The molecule has 0 aromatic heterocycles. The minimum atomic E-state index is -0.888. The lowest BCUT2D eigenvalue weighted by Gasteiger charge is -2.42. The Morgan fingerprint density at radius 3 is 2.33 bits per heavy atom. The van der Waals surface area contributed by atoms with E-state index in [9.17, 15) is 19.2 Å². The first-order valence-corrected chi connectivity index (χ1v) is 10.4. The third kappa shape index (κ3) is 4.17. The molecule has 5 amide bonds. The van der Waals surface area contributed by atoms with Crippen LogP contribution in [0.4, 0.5) is 10.5 Å². The van der Waals surface area contributed by atoms with Crippen molar-refractivity contribution in [3.63, 3.8) is 0 Å². The van der Waals surface area contributed by atoms with Crippen LogP contribution in [-0.2, 0) is 9.59 Å². The smallest absolute Gasteiger partial charge is 0.325 e. The van der Waals surface area contributed by atoms with Gasteiger partial charge in [0.1, 0.15) is 12.1 Å². The number of imide groups is 1. The molecule has 1 saturated carbocycles. The van der Waals surface area contributed by atoms with E-state index in [0.29, 0.717) is 30.0 Å². The molecule has 1 aromatic carbocycles. The lowest BCUT2D eigenvalue weighted by atomic mass is 9.65. The van der Waals surface area contributed by atoms with Crippen LogP contribution in [0.5, 0.6) is 0 Å². The molecule has 1 saturated heterocycles. The number of hydrogen-bond donors (Lipinski definition) is 3. The van der Waals surface area contributed by atoms with Gasteiger partial charge in [0.15, 0.2) is 0 Å². The van der Waals surface area contributed by atoms with Crippen LogP contribution in [0, 0.1) is 11.3 Å². The summed E-state index contributed by atoms with van der Waals surface area (Å²) in [6.45, 7) is 6.32. The molecule has 30 heavy (non-hydrogen) atoms. The van der Waals surface area contributed by atoms with Crippen molar-refractivity contribution in [1.29, 1.82) is 0 Å². The van der Waals surface area contributed by atoms with E-state index < -0.39 is 23.4 Å². The first-order chi connectivity index (χ1) is 14.1. The molecule has 8 nitrogen and oxygen atoms in total. The van der Waals surface area contributed by atoms with Gasteiger partial charge in [0.25, 0.3) is 5.91 Å². The highest BCUT2D eigenvalue weighted by Gasteiger charge is 2.53. The number of nitrogens with zero attached hydrogens (tertiary/aromatic N) is 1. The molecular formula is C22H30N4O4. The van der Waals surface area contributed by atoms with E-state index in [1.165, 1.54) is 12.1 Å². The number of carbonyl (C=O) groups is 4. The highest BCUT2D eigenvalue weighted by Crippen LogP contribution is 2.45. The Morgan fingerprint density at radius 2 is 1.80 bits per heavy atom.